The molecule has 0 radical (unpaired) electrons. The number of pyridine rings is 1. The summed E-state index contributed by atoms with van der Waals surface area (Å²) in [6, 6.07) is 3.91. The van der Waals surface area contributed by atoms with Crippen LogP contribution in [0.3, 0.4) is 0 Å². The summed E-state index contributed by atoms with van der Waals surface area (Å²) in [4.78, 5) is 9.13. The van der Waals surface area contributed by atoms with Crippen LogP contribution in [0, 0.1) is 0 Å². The molecule has 0 saturated carbocycles. The molecule has 0 unspecified atom stereocenters. The van der Waals surface area contributed by atoms with Crippen molar-refractivity contribution in [2.45, 2.75) is 32.8 Å². The van der Waals surface area contributed by atoms with Gasteiger partial charge in [-0.05, 0) is 38.1 Å². The maximum Gasteiger partial charge on any atom is 0.137 e. The predicted octanol–water partition coefficient (Wildman–Crippen LogP) is 2.27. The number of likely N-dealkylation sites (tertiary alicyclic amines) is 1. The van der Waals surface area contributed by atoms with Crippen molar-refractivity contribution in [3.63, 3.8) is 0 Å². The van der Waals surface area contributed by atoms with E-state index in [1.807, 2.05) is 12.1 Å². The van der Waals surface area contributed by atoms with Crippen molar-refractivity contribution >= 4 is 0 Å². The fourth-order valence-electron chi connectivity index (χ4n) is 2.68. The van der Waals surface area contributed by atoms with E-state index in [0.29, 0.717) is 6.10 Å². The van der Waals surface area contributed by atoms with Gasteiger partial charge in [0.05, 0.1) is 6.20 Å². The summed E-state index contributed by atoms with van der Waals surface area (Å²) in [7, 11) is 0. The number of nitrogens with zero attached hydrogens (tertiary/aromatic N) is 3. The van der Waals surface area contributed by atoms with Gasteiger partial charge in [-0.25, -0.2) is 0 Å². The summed E-state index contributed by atoms with van der Waals surface area (Å²) >= 11 is 0. The number of hydrogen-bond acceptors (Lipinski definition) is 4. The lowest BCUT2D eigenvalue weighted by atomic mass is 10.1. The van der Waals surface area contributed by atoms with Gasteiger partial charge in [-0.3, -0.25) is 4.98 Å². The fraction of sp³-hybridized carbons (Fsp3) is 0.688. The second-order valence-corrected chi connectivity index (χ2v) is 5.37. The van der Waals surface area contributed by atoms with E-state index in [1.54, 1.807) is 12.4 Å². The molecule has 0 aliphatic carbocycles. The smallest absolute Gasteiger partial charge is 0.137 e. The molecule has 0 N–H and O–H groups in total. The Morgan fingerprint density at radius 1 is 1.30 bits per heavy atom. The quantitative estimate of drug-likeness (QED) is 0.764. The minimum atomic E-state index is 0.351. The van der Waals surface area contributed by atoms with Crippen molar-refractivity contribution in [3.8, 4) is 5.75 Å². The zero-order valence-corrected chi connectivity index (χ0v) is 12.8. The Kier molecular flexibility index (Phi) is 6.27. The number of ether oxygens (including phenoxy) is 1. The monoisotopic (exact) mass is 277 g/mol. The lowest BCUT2D eigenvalue weighted by Gasteiger charge is -2.33. The third kappa shape index (κ3) is 4.76. The first kappa shape index (κ1) is 15.3. The highest BCUT2D eigenvalue weighted by Gasteiger charge is 2.20. The van der Waals surface area contributed by atoms with Crippen LogP contribution in [0.15, 0.2) is 24.5 Å². The van der Waals surface area contributed by atoms with Crippen LogP contribution in [0.1, 0.15) is 26.7 Å². The second kappa shape index (κ2) is 8.22. The SMILES string of the molecule is CCN(CC)CCN1CCC(Oc2cccnc2)CC1. The van der Waals surface area contributed by atoms with Crippen molar-refractivity contribution in [1.82, 2.24) is 14.8 Å². The van der Waals surface area contributed by atoms with E-state index in [1.165, 1.54) is 13.1 Å². The zero-order valence-electron chi connectivity index (χ0n) is 12.8. The Morgan fingerprint density at radius 3 is 2.65 bits per heavy atom. The Bertz CT molecular complexity index is 359. The molecule has 20 heavy (non-hydrogen) atoms. The van der Waals surface area contributed by atoms with Gasteiger partial charge in [0, 0.05) is 32.4 Å². The second-order valence-electron chi connectivity index (χ2n) is 5.37. The van der Waals surface area contributed by atoms with Crippen molar-refractivity contribution in [3.05, 3.63) is 24.5 Å². The van der Waals surface area contributed by atoms with E-state index in [9.17, 15) is 0 Å². The summed E-state index contributed by atoms with van der Waals surface area (Å²) in [6.45, 7) is 11.4. The topological polar surface area (TPSA) is 28.6 Å². The van der Waals surface area contributed by atoms with Crippen molar-refractivity contribution in [2.24, 2.45) is 0 Å². The van der Waals surface area contributed by atoms with Gasteiger partial charge in [-0.2, -0.15) is 0 Å². The van der Waals surface area contributed by atoms with Gasteiger partial charge in [0.15, 0.2) is 0 Å². The van der Waals surface area contributed by atoms with Gasteiger partial charge in [0.1, 0.15) is 11.9 Å². The molecule has 0 spiro atoms. The molecule has 4 heteroatoms. The Labute approximate surface area is 122 Å². The Hall–Kier alpha value is -1.13. The average Bonchev–Trinajstić information content (AvgIpc) is 2.51. The molecule has 0 atom stereocenters. The fourth-order valence-corrected chi connectivity index (χ4v) is 2.68. The Morgan fingerprint density at radius 2 is 2.05 bits per heavy atom. The molecule has 1 saturated heterocycles. The predicted molar refractivity (Wildman–Crippen MR) is 82.1 cm³/mol. The summed E-state index contributed by atoms with van der Waals surface area (Å²) in [5.74, 6) is 0.897. The summed E-state index contributed by atoms with van der Waals surface area (Å²) in [6.07, 6.45) is 6.17. The lowest BCUT2D eigenvalue weighted by molar-refractivity contribution is 0.0935. The normalized spacial score (nSPS) is 17.6. The van der Waals surface area contributed by atoms with Crippen molar-refractivity contribution < 1.29 is 4.74 Å². The molecule has 0 amide bonds. The molecule has 2 heterocycles. The number of rotatable bonds is 7. The summed E-state index contributed by atoms with van der Waals surface area (Å²) in [5, 5.41) is 0. The molecule has 0 aromatic carbocycles. The Balaban J connectivity index is 1.67. The summed E-state index contributed by atoms with van der Waals surface area (Å²) in [5.41, 5.74) is 0. The van der Waals surface area contributed by atoms with Crippen LogP contribution in [0.2, 0.25) is 0 Å². The van der Waals surface area contributed by atoms with Gasteiger partial charge in [0.2, 0.25) is 0 Å². The zero-order chi connectivity index (χ0) is 14.2. The van der Waals surface area contributed by atoms with Gasteiger partial charge in [-0.1, -0.05) is 13.8 Å². The first-order valence-corrected chi connectivity index (χ1v) is 7.83. The largest absolute Gasteiger partial charge is 0.489 e. The highest BCUT2D eigenvalue weighted by molar-refractivity contribution is 5.15. The van der Waals surface area contributed by atoms with Crippen LogP contribution >= 0.6 is 0 Å². The minimum Gasteiger partial charge on any atom is -0.489 e. The molecule has 2 rings (SSSR count). The summed E-state index contributed by atoms with van der Waals surface area (Å²) < 4.78 is 5.97. The van der Waals surface area contributed by atoms with Gasteiger partial charge in [-0.15, -0.1) is 0 Å². The highest BCUT2D eigenvalue weighted by atomic mass is 16.5. The van der Waals surface area contributed by atoms with Crippen LogP contribution in [-0.2, 0) is 0 Å². The molecular weight excluding hydrogens is 250 g/mol. The van der Waals surface area contributed by atoms with Gasteiger partial charge in [0.25, 0.3) is 0 Å². The number of hydrogen-bond donors (Lipinski definition) is 0. The molecule has 112 valence electrons. The van der Waals surface area contributed by atoms with Crippen LogP contribution in [-0.4, -0.2) is 60.2 Å². The first-order valence-electron chi connectivity index (χ1n) is 7.83. The highest BCUT2D eigenvalue weighted by Crippen LogP contribution is 2.17. The van der Waals surface area contributed by atoms with E-state index in [-0.39, 0.29) is 0 Å². The molecule has 1 aliphatic rings. The van der Waals surface area contributed by atoms with E-state index in [0.717, 1.165) is 44.8 Å². The number of aromatic nitrogens is 1. The van der Waals surface area contributed by atoms with Crippen molar-refractivity contribution in [1.29, 1.82) is 0 Å². The van der Waals surface area contributed by atoms with Gasteiger partial charge >= 0.3 is 0 Å². The first-order chi connectivity index (χ1) is 9.81. The van der Waals surface area contributed by atoms with E-state index >= 15 is 0 Å². The van der Waals surface area contributed by atoms with Crippen LogP contribution in [0.4, 0.5) is 0 Å². The minimum absolute atomic E-state index is 0.351. The molecule has 1 aromatic rings. The van der Waals surface area contributed by atoms with E-state index < -0.39 is 0 Å². The third-order valence-electron chi connectivity index (χ3n) is 4.10. The molecule has 1 aromatic heterocycles. The number of piperidine rings is 1. The third-order valence-corrected chi connectivity index (χ3v) is 4.10. The van der Waals surface area contributed by atoms with Crippen LogP contribution in [0.25, 0.3) is 0 Å². The molecule has 0 bridgehead atoms. The molecular formula is C16H27N3O. The maximum atomic E-state index is 5.97. The van der Waals surface area contributed by atoms with E-state index in [4.69, 9.17) is 4.74 Å². The standard InChI is InChI=1S/C16H27N3O/c1-3-18(4-2)12-13-19-10-7-15(8-11-19)20-16-6-5-9-17-14-16/h5-6,9,14-15H,3-4,7-8,10-13H2,1-2H3. The van der Waals surface area contributed by atoms with Crippen LogP contribution < -0.4 is 4.74 Å². The average molecular weight is 277 g/mol. The number of likely N-dealkylation sites (N-methyl/N-ethyl adjacent to an activating group) is 1. The van der Waals surface area contributed by atoms with Crippen LogP contribution in [0.5, 0.6) is 5.75 Å². The molecule has 1 aliphatic heterocycles. The van der Waals surface area contributed by atoms with Crippen molar-refractivity contribution in [2.75, 3.05) is 39.3 Å². The molecule has 4 nitrogen and oxygen atoms in total. The lowest BCUT2D eigenvalue weighted by Crippen LogP contribution is -2.42. The maximum absolute atomic E-state index is 5.97. The molecule has 1 fully saturated rings. The van der Waals surface area contributed by atoms with E-state index in [2.05, 4.69) is 28.6 Å². The van der Waals surface area contributed by atoms with Gasteiger partial charge < -0.3 is 14.5 Å².